The molecule has 7 aromatic carbocycles. The second-order valence-corrected chi connectivity index (χ2v) is 13.0. The van der Waals surface area contributed by atoms with Crippen LogP contribution in [0.15, 0.2) is 129 Å². The van der Waals surface area contributed by atoms with Crippen molar-refractivity contribution in [2.75, 3.05) is 4.90 Å². The average molecular weight is 662 g/mol. The Labute approximate surface area is 286 Å². The van der Waals surface area contributed by atoms with Crippen LogP contribution in [0.1, 0.15) is 0 Å². The van der Waals surface area contributed by atoms with Crippen LogP contribution < -0.4 is 19.1 Å². The lowest BCUT2D eigenvalue weighted by Crippen LogP contribution is -2.24. The molecule has 9 nitrogen and oxygen atoms in total. The van der Waals surface area contributed by atoms with Crippen molar-refractivity contribution in [1.29, 1.82) is 0 Å². The summed E-state index contributed by atoms with van der Waals surface area (Å²) in [6.07, 6.45) is 0. The number of nitrogens with zero attached hydrogens (tertiary/aromatic N) is 3. The van der Waals surface area contributed by atoms with E-state index in [1.54, 1.807) is 0 Å². The molecule has 0 saturated carbocycles. The standard InChI is InChI=1S/C42H19N3O6/c1-2-8-23-20(7-1)13-14-24-25-19-34-37-40(39(25)51-38(23)24)48-33-18-22(42-44-27-10-4-6-12-29(27)50-42)17-32-36(33)45(37)35-30(46-32)15-21(16-31(35)47-34)41-43-26-9-3-5-11-28(26)49-41/h1-19H. The third kappa shape index (κ3) is 3.29. The Balaban J connectivity index is 1.10. The van der Waals surface area contributed by atoms with Crippen molar-refractivity contribution < 1.29 is 27.5 Å². The Bertz CT molecular complexity index is 3120. The maximum absolute atomic E-state index is 6.88. The molecule has 0 saturated heterocycles. The molecule has 3 aromatic heterocycles. The molecule has 0 N–H and O–H groups in total. The summed E-state index contributed by atoms with van der Waals surface area (Å²) in [5.41, 5.74) is 7.99. The maximum atomic E-state index is 6.88. The quantitative estimate of drug-likeness (QED) is 0.179. The molecular weight excluding hydrogens is 642 g/mol. The molecule has 51 heavy (non-hydrogen) atoms. The SMILES string of the molecule is c1ccc2c(c1)ccc1c3cc4c5c(c3oc21)Oc1cc(-c2nc3ccccc3o2)cc2c1N5c1c(cc(-c3nc5ccccc5o3)cc1O4)O2. The number of rotatable bonds is 2. The molecule has 238 valence electrons. The molecule has 0 aliphatic carbocycles. The summed E-state index contributed by atoms with van der Waals surface area (Å²) < 4.78 is 39.6. The lowest BCUT2D eigenvalue weighted by molar-refractivity contribution is 0.417. The summed E-state index contributed by atoms with van der Waals surface area (Å²) in [5, 5.41) is 3.97. The summed E-state index contributed by atoms with van der Waals surface area (Å²) in [6, 6.07) is 37.6. The first kappa shape index (κ1) is 25.7. The van der Waals surface area contributed by atoms with E-state index in [0.717, 1.165) is 60.8 Å². The lowest BCUT2D eigenvalue weighted by Gasteiger charge is -2.41. The van der Waals surface area contributed by atoms with E-state index >= 15 is 0 Å². The zero-order valence-electron chi connectivity index (χ0n) is 26.3. The van der Waals surface area contributed by atoms with Gasteiger partial charge in [-0.05, 0) is 66.0 Å². The zero-order valence-corrected chi connectivity index (χ0v) is 26.3. The number of hydrogen-bond acceptors (Lipinski definition) is 9. The first-order chi connectivity index (χ1) is 25.2. The van der Waals surface area contributed by atoms with Crippen LogP contribution in [0, 0.1) is 0 Å². The van der Waals surface area contributed by atoms with Crippen molar-refractivity contribution in [3.8, 4) is 57.4 Å². The van der Waals surface area contributed by atoms with Gasteiger partial charge in [-0.25, -0.2) is 9.97 Å². The number of para-hydroxylation sites is 4. The first-order valence-electron chi connectivity index (χ1n) is 16.5. The molecule has 0 spiro atoms. The lowest BCUT2D eigenvalue weighted by atomic mass is 10.00. The molecule has 0 atom stereocenters. The molecule has 0 bridgehead atoms. The van der Waals surface area contributed by atoms with Crippen LogP contribution >= 0.6 is 0 Å². The van der Waals surface area contributed by atoms with Crippen molar-refractivity contribution in [1.82, 2.24) is 9.97 Å². The maximum Gasteiger partial charge on any atom is 0.227 e. The van der Waals surface area contributed by atoms with Crippen molar-refractivity contribution >= 4 is 72.0 Å². The van der Waals surface area contributed by atoms with Gasteiger partial charge >= 0.3 is 0 Å². The van der Waals surface area contributed by atoms with Crippen LogP contribution in [0.4, 0.5) is 17.1 Å². The van der Waals surface area contributed by atoms with Crippen LogP contribution in [-0.4, -0.2) is 9.97 Å². The van der Waals surface area contributed by atoms with Gasteiger partial charge in [-0.1, -0.05) is 54.6 Å². The Morgan fingerprint density at radius 1 is 0.431 bits per heavy atom. The van der Waals surface area contributed by atoms with Crippen molar-refractivity contribution in [2.24, 2.45) is 0 Å². The topological polar surface area (TPSA) is 96.1 Å². The van der Waals surface area contributed by atoms with E-state index in [4.69, 9.17) is 37.4 Å². The van der Waals surface area contributed by atoms with Crippen molar-refractivity contribution in [3.05, 3.63) is 115 Å². The van der Waals surface area contributed by atoms with Gasteiger partial charge in [0.25, 0.3) is 0 Å². The highest BCUT2D eigenvalue weighted by Gasteiger charge is 2.44. The number of fused-ring (bicyclic) bond motifs is 8. The van der Waals surface area contributed by atoms with E-state index < -0.39 is 0 Å². The first-order valence-corrected chi connectivity index (χ1v) is 16.5. The van der Waals surface area contributed by atoms with Gasteiger partial charge in [-0.3, -0.25) is 4.90 Å². The fraction of sp³-hybridized carbons (Fsp3) is 0. The molecule has 0 unspecified atom stereocenters. The predicted molar refractivity (Wildman–Crippen MR) is 192 cm³/mol. The van der Waals surface area contributed by atoms with E-state index in [1.807, 2.05) is 91.0 Å². The molecule has 10 aromatic rings. The summed E-state index contributed by atoms with van der Waals surface area (Å²) >= 11 is 0. The number of oxazole rings is 2. The second-order valence-electron chi connectivity index (χ2n) is 13.0. The van der Waals surface area contributed by atoms with Crippen LogP contribution in [0.2, 0.25) is 0 Å². The Morgan fingerprint density at radius 2 is 1.00 bits per heavy atom. The molecule has 3 aliphatic rings. The summed E-state index contributed by atoms with van der Waals surface area (Å²) in [4.78, 5) is 11.7. The number of furan rings is 1. The smallest absolute Gasteiger partial charge is 0.227 e. The third-order valence-corrected chi connectivity index (χ3v) is 10.0. The molecule has 9 heteroatoms. The summed E-state index contributed by atoms with van der Waals surface area (Å²) in [7, 11) is 0. The van der Waals surface area contributed by atoms with Gasteiger partial charge in [0.15, 0.2) is 51.2 Å². The average Bonchev–Trinajstić information content (AvgIpc) is 3.90. The normalized spacial score (nSPS) is 13.5. The van der Waals surface area contributed by atoms with Crippen molar-refractivity contribution in [2.45, 2.75) is 0 Å². The number of aromatic nitrogens is 2. The number of benzene rings is 7. The van der Waals surface area contributed by atoms with Gasteiger partial charge in [0, 0.05) is 27.3 Å². The molecule has 0 amide bonds. The minimum atomic E-state index is 0.455. The van der Waals surface area contributed by atoms with Gasteiger partial charge < -0.3 is 27.5 Å². The summed E-state index contributed by atoms with van der Waals surface area (Å²) in [5.74, 6) is 4.42. The molecule has 0 fully saturated rings. The highest BCUT2D eigenvalue weighted by molar-refractivity contribution is 6.18. The highest BCUT2D eigenvalue weighted by atomic mass is 16.5. The molecule has 0 radical (unpaired) electrons. The van der Waals surface area contributed by atoms with Gasteiger partial charge in [-0.15, -0.1) is 0 Å². The van der Waals surface area contributed by atoms with Crippen LogP contribution in [-0.2, 0) is 0 Å². The Morgan fingerprint density at radius 3 is 1.65 bits per heavy atom. The van der Waals surface area contributed by atoms with Gasteiger partial charge in [0.2, 0.25) is 11.8 Å². The molecular formula is C42H19N3O6. The fourth-order valence-electron chi connectivity index (χ4n) is 7.80. The van der Waals surface area contributed by atoms with Crippen LogP contribution in [0.5, 0.6) is 34.5 Å². The molecule has 6 heterocycles. The van der Waals surface area contributed by atoms with Gasteiger partial charge in [0.05, 0.1) is 0 Å². The van der Waals surface area contributed by atoms with Crippen LogP contribution in [0.3, 0.4) is 0 Å². The van der Waals surface area contributed by atoms with E-state index in [9.17, 15) is 0 Å². The minimum Gasteiger partial charge on any atom is -0.453 e. The number of hydrogen-bond donors (Lipinski definition) is 0. The highest BCUT2D eigenvalue weighted by Crippen LogP contribution is 2.69. The predicted octanol–water partition coefficient (Wildman–Crippen LogP) is 12.1. The fourth-order valence-corrected chi connectivity index (χ4v) is 7.80. The summed E-state index contributed by atoms with van der Waals surface area (Å²) in [6.45, 7) is 0. The largest absolute Gasteiger partial charge is 0.453 e. The zero-order chi connectivity index (χ0) is 32.9. The van der Waals surface area contributed by atoms with Crippen molar-refractivity contribution in [3.63, 3.8) is 0 Å². The van der Waals surface area contributed by atoms with Crippen LogP contribution in [0.25, 0.3) is 77.8 Å². The molecule has 3 aliphatic heterocycles. The number of anilines is 3. The monoisotopic (exact) mass is 661 g/mol. The van der Waals surface area contributed by atoms with E-state index in [2.05, 4.69) is 29.2 Å². The van der Waals surface area contributed by atoms with Gasteiger partial charge in [0.1, 0.15) is 33.7 Å². The Kier molecular flexibility index (Phi) is 4.46. The third-order valence-electron chi connectivity index (χ3n) is 10.0. The molecule has 13 rings (SSSR count). The van der Waals surface area contributed by atoms with E-state index in [1.165, 1.54) is 0 Å². The van der Waals surface area contributed by atoms with E-state index in [-0.39, 0.29) is 0 Å². The Hall–Kier alpha value is -7.26. The van der Waals surface area contributed by atoms with Gasteiger partial charge in [-0.2, -0.15) is 0 Å². The second kappa shape index (κ2) is 8.85. The number of ether oxygens (including phenoxy) is 3. The van der Waals surface area contributed by atoms with E-state index in [0.29, 0.717) is 68.6 Å². The minimum absolute atomic E-state index is 0.455.